The lowest BCUT2D eigenvalue weighted by Gasteiger charge is -2.35. The monoisotopic (exact) mass is 419 g/mol. The molecule has 0 radical (unpaired) electrons. The summed E-state index contributed by atoms with van der Waals surface area (Å²) in [5.41, 5.74) is 1.45. The van der Waals surface area contributed by atoms with Gasteiger partial charge in [0.25, 0.3) is 0 Å². The number of carbonyl (C=O) groups is 1. The molecule has 1 aromatic rings. The first-order valence-corrected chi connectivity index (χ1v) is 11.4. The van der Waals surface area contributed by atoms with Crippen LogP contribution in [0.2, 0.25) is 0 Å². The van der Waals surface area contributed by atoms with Crippen molar-refractivity contribution in [3.05, 3.63) is 29.1 Å². The summed E-state index contributed by atoms with van der Waals surface area (Å²) >= 11 is 0. The van der Waals surface area contributed by atoms with Crippen molar-refractivity contribution in [2.75, 3.05) is 13.2 Å². The van der Waals surface area contributed by atoms with E-state index in [4.69, 9.17) is 4.74 Å². The highest BCUT2D eigenvalue weighted by Gasteiger charge is 2.38. The molecule has 3 atom stereocenters. The Morgan fingerprint density at radius 3 is 2.70 bits per heavy atom. The van der Waals surface area contributed by atoms with Crippen LogP contribution in [0, 0.1) is 17.2 Å². The predicted molar refractivity (Wildman–Crippen MR) is 112 cm³/mol. The van der Waals surface area contributed by atoms with Gasteiger partial charge >= 0.3 is 5.97 Å². The van der Waals surface area contributed by atoms with Gasteiger partial charge in [-0.05, 0) is 73.8 Å². The van der Waals surface area contributed by atoms with Gasteiger partial charge in [0.15, 0.2) is 0 Å². The number of hydrogen-bond acceptors (Lipinski definition) is 4. The number of carboxylic acids is 1. The number of halogens is 1. The molecule has 1 saturated heterocycles. The molecule has 30 heavy (non-hydrogen) atoms. The van der Waals surface area contributed by atoms with Gasteiger partial charge in [0.2, 0.25) is 0 Å². The molecular weight excluding hydrogens is 385 g/mol. The number of hydrogen-bond donors (Lipinski definition) is 2. The summed E-state index contributed by atoms with van der Waals surface area (Å²) in [4.78, 5) is 13.0. The molecular formula is C24H34FNO4. The predicted octanol–water partition coefficient (Wildman–Crippen LogP) is 4.84. The van der Waals surface area contributed by atoms with Crippen LogP contribution in [0.4, 0.5) is 4.39 Å². The number of rotatable bonds is 7. The second-order valence-electron chi connectivity index (χ2n) is 10.2. The summed E-state index contributed by atoms with van der Waals surface area (Å²) in [6.07, 6.45) is 6.70. The Hall–Kier alpha value is -1.66. The van der Waals surface area contributed by atoms with E-state index in [1.54, 1.807) is 6.07 Å². The Balaban J connectivity index is 1.52. The van der Waals surface area contributed by atoms with Crippen LogP contribution in [0.3, 0.4) is 0 Å². The molecule has 4 rings (SSSR count). The van der Waals surface area contributed by atoms with E-state index in [0.29, 0.717) is 49.0 Å². The molecule has 2 N–H and O–H groups in total. The molecule has 166 valence electrons. The zero-order valence-electron chi connectivity index (χ0n) is 18.1. The second kappa shape index (κ2) is 8.46. The van der Waals surface area contributed by atoms with Crippen molar-refractivity contribution in [3.8, 4) is 5.75 Å². The van der Waals surface area contributed by atoms with Crippen LogP contribution in [0.5, 0.6) is 5.75 Å². The van der Waals surface area contributed by atoms with Crippen molar-refractivity contribution in [2.24, 2.45) is 11.3 Å². The van der Waals surface area contributed by atoms with Gasteiger partial charge in [-0.25, -0.2) is 4.39 Å². The summed E-state index contributed by atoms with van der Waals surface area (Å²) < 4.78 is 21.2. The maximum Gasteiger partial charge on any atom is 0.321 e. The highest BCUT2D eigenvalue weighted by molar-refractivity contribution is 5.73. The first-order chi connectivity index (χ1) is 14.2. The summed E-state index contributed by atoms with van der Waals surface area (Å²) in [6.45, 7) is 5.64. The van der Waals surface area contributed by atoms with E-state index in [1.807, 2.05) is 0 Å². The molecule has 0 spiro atoms. The highest BCUT2D eigenvalue weighted by atomic mass is 19.1. The maximum absolute atomic E-state index is 15.0. The van der Waals surface area contributed by atoms with Crippen LogP contribution in [-0.2, 0) is 4.79 Å². The van der Waals surface area contributed by atoms with Crippen molar-refractivity contribution in [2.45, 2.75) is 83.4 Å². The topological polar surface area (TPSA) is 70.0 Å². The van der Waals surface area contributed by atoms with Crippen LogP contribution in [0.1, 0.15) is 88.5 Å². The molecule has 3 fully saturated rings. The zero-order valence-corrected chi connectivity index (χ0v) is 18.1. The summed E-state index contributed by atoms with van der Waals surface area (Å²) in [6, 6.07) is 2.36. The number of carboxylic acid groups (broad SMARTS) is 1. The van der Waals surface area contributed by atoms with Gasteiger partial charge in [0.05, 0.1) is 6.61 Å². The van der Waals surface area contributed by atoms with E-state index >= 15 is 4.39 Å². The third-order valence-corrected chi connectivity index (χ3v) is 7.10. The van der Waals surface area contributed by atoms with Gasteiger partial charge in [0, 0.05) is 18.2 Å². The van der Waals surface area contributed by atoms with E-state index in [9.17, 15) is 15.0 Å². The lowest BCUT2D eigenvalue weighted by Crippen LogP contribution is -2.39. The third-order valence-electron chi connectivity index (χ3n) is 7.10. The van der Waals surface area contributed by atoms with E-state index in [1.165, 1.54) is 23.8 Å². The third kappa shape index (κ3) is 4.65. The summed E-state index contributed by atoms with van der Waals surface area (Å²) in [5, 5.41) is 20.2. The van der Waals surface area contributed by atoms with Gasteiger partial charge in [0.1, 0.15) is 23.8 Å². The normalized spacial score (nSPS) is 27.7. The summed E-state index contributed by atoms with van der Waals surface area (Å²) in [7, 11) is 0. The van der Waals surface area contributed by atoms with Crippen LogP contribution in [0.25, 0.3) is 0 Å². The van der Waals surface area contributed by atoms with E-state index in [2.05, 4.69) is 13.8 Å². The number of aliphatic hydroxyl groups excluding tert-OH is 1. The first-order valence-electron chi connectivity index (χ1n) is 11.4. The number of likely N-dealkylation sites (tertiary alicyclic amines) is 1. The average molecular weight is 420 g/mol. The molecule has 1 aliphatic heterocycles. The van der Waals surface area contributed by atoms with Gasteiger partial charge in [-0.2, -0.15) is 0 Å². The largest absolute Gasteiger partial charge is 0.493 e. The number of benzene rings is 1. The second-order valence-corrected chi connectivity index (χ2v) is 10.2. The molecule has 0 amide bonds. The van der Waals surface area contributed by atoms with Crippen molar-refractivity contribution in [3.63, 3.8) is 0 Å². The lowest BCUT2D eigenvalue weighted by atomic mass is 9.72. The van der Waals surface area contributed by atoms with Gasteiger partial charge in [-0.1, -0.05) is 20.3 Å². The minimum atomic E-state index is -1.25. The first kappa shape index (κ1) is 21.6. The highest BCUT2D eigenvalue weighted by Crippen LogP contribution is 2.47. The fourth-order valence-electron chi connectivity index (χ4n) is 5.36. The minimum absolute atomic E-state index is 0.163. The van der Waals surface area contributed by atoms with Crippen LogP contribution in [0.15, 0.2) is 12.1 Å². The number of aliphatic carboxylic acids is 1. The molecule has 2 aliphatic carbocycles. The van der Waals surface area contributed by atoms with Crippen molar-refractivity contribution >= 4 is 5.97 Å². The maximum atomic E-state index is 15.0. The summed E-state index contributed by atoms with van der Waals surface area (Å²) in [5.74, 6) is -0.0876. The van der Waals surface area contributed by atoms with Gasteiger partial charge < -0.3 is 14.9 Å². The van der Waals surface area contributed by atoms with Crippen molar-refractivity contribution in [1.82, 2.24) is 4.90 Å². The van der Waals surface area contributed by atoms with E-state index in [0.717, 1.165) is 31.2 Å². The van der Waals surface area contributed by atoms with Gasteiger partial charge in [-0.3, -0.25) is 9.69 Å². The zero-order chi connectivity index (χ0) is 21.5. The molecule has 3 aliphatic rings. The average Bonchev–Trinajstić information content (AvgIpc) is 3.40. The molecule has 0 bridgehead atoms. The molecule has 1 aromatic carbocycles. The van der Waals surface area contributed by atoms with Crippen molar-refractivity contribution in [1.29, 1.82) is 0 Å². The molecule has 5 nitrogen and oxygen atoms in total. The van der Waals surface area contributed by atoms with Gasteiger partial charge in [-0.15, -0.1) is 0 Å². The van der Waals surface area contributed by atoms with Crippen LogP contribution < -0.4 is 4.74 Å². The lowest BCUT2D eigenvalue weighted by molar-refractivity contribution is -0.146. The van der Waals surface area contributed by atoms with Crippen molar-refractivity contribution < 1.29 is 24.1 Å². The quantitative estimate of drug-likeness (QED) is 0.662. The molecule has 0 aromatic heterocycles. The fraction of sp³-hybridized carbons (Fsp3) is 0.708. The SMILES string of the molecule is CC1(C)CCCC(COc2cc(F)c(C(O)N3CCC[C@H]3C(=O)O)cc2C2CC2)C1. The number of ether oxygens (including phenoxy) is 1. The van der Waals surface area contributed by atoms with E-state index < -0.39 is 24.1 Å². The molecule has 2 unspecified atom stereocenters. The number of aliphatic hydroxyl groups is 1. The fourth-order valence-corrected chi connectivity index (χ4v) is 5.36. The Labute approximate surface area is 178 Å². The standard InChI is InChI=1S/C24H34FNO4/c1-24(2)9-3-5-15(13-24)14-30-21-12-19(25)18(11-17(21)16-7-8-16)22(27)26-10-4-6-20(26)23(28)29/h11-12,15-16,20,22,27H,3-10,13-14H2,1-2H3,(H,28,29)/t15?,20-,22?/m0/s1. The Kier molecular flexibility index (Phi) is 6.08. The van der Waals surface area contributed by atoms with Crippen LogP contribution in [-0.4, -0.2) is 40.3 Å². The molecule has 6 heteroatoms. The Bertz CT molecular complexity index is 792. The molecule has 2 saturated carbocycles. The minimum Gasteiger partial charge on any atom is -0.493 e. The van der Waals surface area contributed by atoms with Crippen LogP contribution >= 0.6 is 0 Å². The smallest absolute Gasteiger partial charge is 0.321 e. The number of nitrogens with zero attached hydrogens (tertiary/aromatic N) is 1. The Morgan fingerprint density at radius 1 is 1.27 bits per heavy atom. The molecule has 1 heterocycles. The van der Waals surface area contributed by atoms with E-state index in [-0.39, 0.29) is 5.56 Å². The Morgan fingerprint density at radius 2 is 2.03 bits per heavy atom.